The van der Waals surface area contributed by atoms with Crippen LogP contribution in [0.15, 0.2) is 47.2 Å². The third-order valence-corrected chi connectivity index (χ3v) is 6.34. The Bertz CT molecular complexity index is 1210. The topological polar surface area (TPSA) is 75.4 Å². The van der Waals surface area contributed by atoms with Gasteiger partial charge in [-0.3, -0.25) is 9.59 Å². The van der Waals surface area contributed by atoms with E-state index in [4.69, 9.17) is 4.42 Å². The van der Waals surface area contributed by atoms with Crippen LogP contribution in [-0.2, 0) is 22.4 Å². The fourth-order valence-corrected chi connectivity index (χ4v) is 4.52. The van der Waals surface area contributed by atoms with Gasteiger partial charge in [0.15, 0.2) is 0 Å². The van der Waals surface area contributed by atoms with E-state index in [1.54, 1.807) is 30.7 Å². The highest BCUT2D eigenvalue weighted by Gasteiger charge is 2.23. The second-order valence-electron chi connectivity index (χ2n) is 8.53. The van der Waals surface area contributed by atoms with E-state index in [1.807, 2.05) is 11.0 Å². The molecule has 2 aliphatic rings. The second-order valence-corrected chi connectivity index (χ2v) is 8.53. The Labute approximate surface area is 185 Å². The van der Waals surface area contributed by atoms with Crippen molar-refractivity contribution in [3.63, 3.8) is 0 Å². The molecule has 0 saturated carbocycles. The summed E-state index contributed by atoms with van der Waals surface area (Å²) in [5.74, 6) is 0.771. The number of fused-ring (bicyclic) bond motifs is 2. The number of amides is 2. The minimum Gasteiger partial charge on any atom is -0.464 e. The Hall–Kier alpha value is -3.48. The summed E-state index contributed by atoms with van der Waals surface area (Å²) in [4.78, 5) is 30.3. The maximum absolute atomic E-state index is 13.4. The molecule has 2 aromatic heterocycles. The number of halogens is 1. The van der Waals surface area contributed by atoms with Crippen LogP contribution >= 0.6 is 0 Å². The molecule has 32 heavy (non-hydrogen) atoms. The van der Waals surface area contributed by atoms with Crippen molar-refractivity contribution in [2.24, 2.45) is 5.92 Å². The quantitative estimate of drug-likeness (QED) is 0.621. The van der Waals surface area contributed by atoms with Crippen molar-refractivity contribution in [1.29, 1.82) is 0 Å². The molecule has 0 aliphatic carbocycles. The lowest BCUT2D eigenvalue weighted by atomic mass is 9.90. The van der Waals surface area contributed by atoms with Gasteiger partial charge in [-0.2, -0.15) is 0 Å². The first-order chi connectivity index (χ1) is 15.5. The number of nitrogens with one attached hydrogen (secondary N) is 1. The lowest BCUT2D eigenvalue weighted by Crippen LogP contribution is -2.37. The van der Waals surface area contributed by atoms with Crippen molar-refractivity contribution in [1.82, 2.24) is 9.88 Å². The molecule has 1 fully saturated rings. The molecule has 4 heterocycles. The molecule has 2 amide bonds. The van der Waals surface area contributed by atoms with Crippen molar-refractivity contribution in [3.05, 3.63) is 65.3 Å². The molecule has 0 atom stereocenters. The van der Waals surface area contributed by atoms with Crippen molar-refractivity contribution >= 4 is 34.7 Å². The summed E-state index contributed by atoms with van der Waals surface area (Å²) >= 11 is 0. The minimum atomic E-state index is -0.295. The molecule has 0 bridgehead atoms. The summed E-state index contributed by atoms with van der Waals surface area (Å²) in [7, 11) is 0. The molecule has 1 saturated heterocycles. The van der Waals surface area contributed by atoms with Crippen LogP contribution in [0.4, 0.5) is 10.2 Å². The molecular formula is C25H24FN3O3. The van der Waals surface area contributed by atoms with Gasteiger partial charge < -0.3 is 14.6 Å². The number of pyridine rings is 1. The summed E-state index contributed by atoms with van der Waals surface area (Å²) in [5, 5.41) is 3.73. The average molecular weight is 433 g/mol. The maximum atomic E-state index is 13.4. The van der Waals surface area contributed by atoms with E-state index >= 15 is 0 Å². The summed E-state index contributed by atoms with van der Waals surface area (Å²) in [6, 6.07) is 6.62. The van der Waals surface area contributed by atoms with E-state index in [0.717, 1.165) is 41.3 Å². The second kappa shape index (κ2) is 8.57. The number of rotatable bonds is 4. The number of carbonyl (C=O) groups is 2. The number of aromatic nitrogens is 1. The normalized spacial score (nSPS) is 17.0. The van der Waals surface area contributed by atoms with Gasteiger partial charge in [-0.1, -0.05) is 0 Å². The number of anilines is 1. The molecule has 0 radical (unpaired) electrons. The Kier molecular flexibility index (Phi) is 5.47. The van der Waals surface area contributed by atoms with Gasteiger partial charge in [-0.05, 0) is 72.6 Å². The van der Waals surface area contributed by atoms with Crippen molar-refractivity contribution < 1.29 is 18.4 Å². The number of hydrogen-bond donors (Lipinski definition) is 1. The number of piperidine rings is 1. The number of nitrogens with zero attached hydrogens (tertiary/aromatic N) is 2. The molecule has 1 N–H and O–H groups in total. The lowest BCUT2D eigenvalue weighted by molar-refractivity contribution is -0.127. The number of carbonyl (C=O) groups excluding carboxylic acids is 2. The van der Waals surface area contributed by atoms with E-state index in [-0.39, 0.29) is 17.6 Å². The fraction of sp³-hybridized carbons (Fsp3) is 0.320. The average Bonchev–Trinajstić information content (AvgIpc) is 3.19. The van der Waals surface area contributed by atoms with Gasteiger partial charge in [0.1, 0.15) is 17.2 Å². The largest absolute Gasteiger partial charge is 0.464 e. The van der Waals surface area contributed by atoms with E-state index in [0.29, 0.717) is 43.2 Å². The zero-order chi connectivity index (χ0) is 22.1. The molecule has 1 aromatic carbocycles. The molecule has 7 heteroatoms. The predicted molar refractivity (Wildman–Crippen MR) is 119 cm³/mol. The van der Waals surface area contributed by atoms with Crippen LogP contribution < -0.4 is 5.32 Å². The zero-order valence-electron chi connectivity index (χ0n) is 17.6. The predicted octanol–water partition coefficient (Wildman–Crippen LogP) is 4.35. The van der Waals surface area contributed by atoms with Crippen LogP contribution in [0.5, 0.6) is 0 Å². The number of hydrogen-bond acceptors (Lipinski definition) is 4. The molecule has 2 aliphatic heterocycles. The summed E-state index contributed by atoms with van der Waals surface area (Å²) in [6.07, 6.45) is 10.6. The Morgan fingerprint density at radius 3 is 2.94 bits per heavy atom. The zero-order valence-corrected chi connectivity index (χ0v) is 17.6. The highest BCUT2D eigenvalue weighted by atomic mass is 19.1. The Morgan fingerprint density at radius 2 is 2.09 bits per heavy atom. The number of aryl methyl sites for hydroxylation is 1. The maximum Gasteiger partial charge on any atom is 0.246 e. The molecule has 3 aromatic rings. The van der Waals surface area contributed by atoms with Gasteiger partial charge in [0.25, 0.3) is 0 Å². The monoisotopic (exact) mass is 433 g/mol. The van der Waals surface area contributed by atoms with Crippen LogP contribution in [0.1, 0.15) is 36.0 Å². The first kappa shape index (κ1) is 20.4. The van der Waals surface area contributed by atoms with Gasteiger partial charge in [-0.25, -0.2) is 9.37 Å². The van der Waals surface area contributed by atoms with Crippen LogP contribution in [0.3, 0.4) is 0 Å². The van der Waals surface area contributed by atoms with Crippen LogP contribution in [0, 0.1) is 11.7 Å². The summed E-state index contributed by atoms with van der Waals surface area (Å²) in [5.41, 5.74) is 3.53. The SMILES string of the molecule is O=C1CCc2cc(C=CC(=O)N3CCC(Cc4coc5cc(F)ccc45)CC3)cnc2N1. The van der Waals surface area contributed by atoms with E-state index in [2.05, 4.69) is 10.3 Å². The van der Waals surface area contributed by atoms with Gasteiger partial charge in [0, 0.05) is 43.2 Å². The molecule has 5 rings (SSSR count). The molecule has 6 nitrogen and oxygen atoms in total. The van der Waals surface area contributed by atoms with Crippen molar-refractivity contribution in [2.45, 2.75) is 32.1 Å². The standard InChI is InChI=1S/C25H24FN3O3/c26-20-3-4-21-19(15-32-22(21)13-20)11-16-7-9-29(10-8-16)24(31)6-1-17-12-18-2-5-23(30)28-25(18)27-14-17/h1,3-4,6,12-16H,2,5,7-11H2,(H,27,28,30). The third kappa shape index (κ3) is 4.28. The Morgan fingerprint density at radius 1 is 1.25 bits per heavy atom. The molecule has 0 unspecified atom stereocenters. The Balaban J connectivity index is 1.16. The molecular weight excluding hydrogens is 409 g/mol. The fourth-order valence-electron chi connectivity index (χ4n) is 4.52. The van der Waals surface area contributed by atoms with E-state index in [1.165, 1.54) is 12.1 Å². The number of likely N-dealkylation sites (tertiary alicyclic amines) is 1. The van der Waals surface area contributed by atoms with Crippen molar-refractivity contribution in [2.75, 3.05) is 18.4 Å². The van der Waals surface area contributed by atoms with E-state index < -0.39 is 0 Å². The van der Waals surface area contributed by atoms with E-state index in [9.17, 15) is 14.0 Å². The van der Waals surface area contributed by atoms with Gasteiger partial charge in [0.05, 0.1) is 6.26 Å². The first-order valence-electron chi connectivity index (χ1n) is 11.0. The van der Waals surface area contributed by atoms with Crippen LogP contribution in [0.25, 0.3) is 17.0 Å². The van der Waals surface area contributed by atoms with Crippen LogP contribution in [-0.4, -0.2) is 34.8 Å². The number of benzene rings is 1. The smallest absolute Gasteiger partial charge is 0.246 e. The van der Waals surface area contributed by atoms with Gasteiger partial charge in [0.2, 0.25) is 11.8 Å². The lowest BCUT2D eigenvalue weighted by Gasteiger charge is -2.31. The summed E-state index contributed by atoms with van der Waals surface area (Å²) in [6.45, 7) is 1.43. The summed E-state index contributed by atoms with van der Waals surface area (Å²) < 4.78 is 18.9. The number of furan rings is 1. The first-order valence-corrected chi connectivity index (χ1v) is 11.0. The third-order valence-electron chi connectivity index (χ3n) is 6.34. The minimum absolute atomic E-state index is 0.00119. The highest BCUT2D eigenvalue weighted by Crippen LogP contribution is 2.28. The van der Waals surface area contributed by atoms with Crippen LogP contribution in [0.2, 0.25) is 0 Å². The van der Waals surface area contributed by atoms with Gasteiger partial charge in [-0.15, -0.1) is 0 Å². The van der Waals surface area contributed by atoms with Gasteiger partial charge >= 0.3 is 0 Å². The molecule has 0 spiro atoms. The molecule has 164 valence electrons. The highest BCUT2D eigenvalue weighted by molar-refractivity contribution is 5.94. The van der Waals surface area contributed by atoms with Crippen molar-refractivity contribution in [3.8, 4) is 0 Å².